The Morgan fingerprint density at radius 3 is 2.34 bits per heavy atom. The van der Waals surface area contributed by atoms with Gasteiger partial charge in [-0.15, -0.1) is 0 Å². The van der Waals surface area contributed by atoms with Gasteiger partial charge in [-0.3, -0.25) is 9.59 Å². The average molecular weight is 420 g/mol. The van der Waals surface area contributed by atoms with Gasteiger partial charge in [-0.1, -0.05) is 30.3 Å². The highest BCUT2D eigenvalue weighted by Crippen LogP contribution is 2.31. The van der Waals surface area contributed by atoms with Crippen molar-refractivity contribution in [2.75, 3.05) is 19.6 Å². The molecule has 0 aliphatic carbocycles. The molecule has 1 fully saturated rings. The van der Waals surface area contributed by atoms with Gasteiger partial charge in [0.2, 0.25) is 10.0 Å². The van der Waals surface area contributed by atoms with Gasteiger partial charge in [0.15, 0.2) is 0 Å². The van der Waals surface area contributed by atoms with Crippen LogP contribution in [0.1, 0.15) is 34.7 Å². The van der Waals surface area contributed by atoms with Crippen LogP contribution in [0.2, 0.25) is 0 Å². The van der Waals surface area contributed by atoms with Crippen molar-refractivity contribution in [3.05, 3.63) is 65.5 Å². The van der Waals surface area contributed by atoms with E-state index in [1.54, 1.807) is 0 Å². The molecule has 0 saturated carbocycles. The highest BCUT2D eigenvalue weighted by Gasteiger charge is 2.32. The zero-order valence-electron chi connectivity index (χ0n) is 15.5. The summed E-state index contributed by atoms with van der Waals surface area (Å²) in [6.45, 7) is -0.0543. The Labute approximate surface area is 168 Å². The molecular formula is C20H21FN2O5S. The second kappa shape index (κ2) is 8.71. The van der Waals surface area contributed by atoms with E-state index in [1.807, 2.05) is 30.3 Å². The van der Waals surface area contributed by atoms with Gasteiger partial charge in [0.05, 0.1) is 0 Å². The van der Waals surface area contributed by atoms with Crippen molar-refractivity contribution in [1.29, 1.82) is 0 Å². The number of hydrogen-bond donors (Lipinski definition) is 2. The molecule has 0 spiro atoms. The molecule has 0 atom stereocenters. The highest BCUT2D eigenvalue weighted by molar-refractivity contribution is 7.89. The minimum atomic E-state index is -4.03. The topological polar surface area (TPSA) is 104 Å². The van der Waals surface area contributed by atoms with Crippen molar-refractivity contribution in [1.82, 2.24) is 9.62 Å². The van der Waals surface area contributed by atoms with Crippen LogP contribution in [0.4, 0.5) is 4.39 Å². The minimum Gasteiger partial charge on any atom is -0.480 e. The molecule has 9 heteroatoms. The van der Waals surface area contributed by atoms with Crippen molar-refractivity contribution in [3.8, 4) is 0 Å². The fourth-order valence-corrected chi connectivity index (χ4v) is 4.92. The van der Waals surface area contributed by atoms with Gasteiger partial charge in [0.25, 0.3) is 5.91 Å². The standard InChI is InChI=1S/C20H21FN2O5S/c21-17-12-16(20(26)22-13-19(24)25)6-7-18(17)29(27,28)23-10-8-15(9-11-23)14-4-2-1-3-5-14/h1-7,12,15H,8-11,13H2,(H,22,26)(H,24,25). The predicted octanol–water partition coefficient (Wildman–Crippen LogP) is 2.21. The molecule has 2 aromatic rings. The first-order valence-electron chi connectivity index (χ1n) is 9.13. The molecule has 7 nitrogen and oxygen atoms in total. The number of hydrogen-bond acceptors (Lipinski definition) is 4. The minimum absolute atomic E-state index is 0.148. The van der Waals surface area contributed by atoms with Crippen LogP contribution in [0.3, 0.4) is 0 Å². The lowest BCUT2D eigenvalue weighted by Gasteiger charge is -2.31. The van der Waals surface area contributed by atoms with E-state index in [9.17, 15) is 22.4 Å². The molecule has 1 amide bonds. The van der Waals surface area contributed by atoms with Gasteiger partial charge in [-0.05, 0) is 42.5 Å². The highest BCUT2D eigenvalue weighted by atomic mass is 32.2. The molecule has 1 aliphatic rings. The van der Waals surface area contributed by atoms with E-state index in [-0.39, 0.29) is 24.6 Å². The van der Waals surface area contributed by atoms with Gasteiger partial charge in [0.1, 0.15) is 17.3 Å². The number of piperidine rings is 1. The van der Waals surface area contributed by atoms with E-state index in [2.05, 4.69) is 5.32 Å². The predicted molar refractivity (Wildman–Crippen MR) is 104 cm³/mol. The molecule has 0 aromatic heterocycles. The molecule has 1 saturated heterocycles. The lowest BCUT2D eigenvalue weighted by atomic mass is 9.90. The summed E-state index contributed by atoms with van der Waals surface area (Å²) in [6, 6.07) is 12.9. The number of carbonyl (C=O) groups is 2. The molecule has 2 aromatic carbocycles. The first-order chi connectivity index (χ1) is 13.8. The molecule has 1 aliphatic heterocycles. The zero-order valence-corrected chi connectivity index (χ0v) is 16.4. The number of carbonyl (C=O) groups excluding carboxylic acids is 1. The fraction of sp³-hybridized carbons (Fsp3) is 0.300. The van der Waals surface area contributed by atoms with Gasteiger partial charge < -0.3 is 10.4 Å². The number of sulfonamides is 1. The number of rotatable bonds is 6. The number of halogens is 1. The van der Waals surface area contributed by atoms with Crippen LogP contribution in [0.5, 0.6) is 0 Å². The Bertz CT molecular complexity index is 1000. The van der Waals surface area contributed by atoms with Crippen molar-refractivity contribution < 1.29 is 27.5 Å². The SMILES string of the molecule is O=C(O)CNC(=O)c1ccc(S(=O)(=O)N2CCC(c3ccccc3)CC2)c(F)c1. The van der Waals surface area contributed by atoms with E-state index in [0.717, 1.165) is 17.7 Å². The van der Waals surface area contributed by atoms with E-state index in [0.29, 0.717) is 12.8 Å². The Hall–Kier alpha value is -2.78. The van der Waals surface area contributed by atoms with E-state index < -0.39 is 39.2 Å². The first-order valence-corrected chi connectivity index (χ1v) is 10.6. The fourth-order valence-electron chi connectivity index (χ4n) is 3.40. The summed E-state index contributed by atoms with van der Waals surface area (Å²) in [5.41, 5.74) is 1.01. The van der Waals surface area contributed by atoms with Gasteiger partial charge in [-0.2, -0.15) is 4.31 Å². The van der Waals surface area contributed by atoms with Gasteiger partial charge in [0, 0.05) is 18.7 Å². The second-order valence-corrected chi connectivity index (χ2v) is 8.72. The summed E-state index contributed by atoms with van der Waals surface area (Å²) in [4.78, 5) is 21.8. The molecule has 3 rings (SSSR count). The number of nitrogens with one attached hydrogen (secondary N) is 1. The molecule has 1 heterocycles. The van der Waals surface area contributed by atoms with E-state index in [1.165, 1.54) is 10.4 Å². The molecular weight excluding hydrogens is 399 g/mol. The zero-order chi connectivity index (χ0) is 21.0. The summed E-state index contributed by atoms with van der Waals surface area (Å²) in [6.07, 6.45) is 1.28. The van der Waals surface area contributed by atoms with Crippen molar-refractivity contribution >= 4 is 21.9 Å². The Balaban J connectivity index is 1.71. The number of carboxylic acids is 1. The summed E-state index contributed by atoms with van der Waals surface area (Å²) in [5.74, 6) is -2.82. The van der Waals surface area contributed by atoms with Crippen LogP contribution in [-0.2, 0) is 14.8 Å². The molecule has 0 radical (unpaired) electrons. The maximum absolute atomic E-state index is 14.5. The molecule has 29 heavy (non-hydrogen) atoms. The summed E-state index contributed by atoms with van der Waals surface area (Å²) in [5, 5.41) is 10.7. The molecule has 154 valence electrons. The van der Waals surface area contributed by atoms with E-state index >= 15 is 0 Å². The number of amides is 1. The maximum Gasteiger partial charge on any atom is 0.322 e. The Morgan fingerprint density at radius 1 is 1.10 bits per heavy atom. The molecule has 2 N–H and O–H groups in total. The third-order valence-electron chi connectivity index (χ3n) is 4.94. The first kappa shape index (κ1) is 20.9. The van der Waals surface area contributed by atoms with Crippen LogP contribution in [0.15, 0.2) is 53.4 Å². The van der Waals surface area contributed by atoms with Gasteiger partial charge in [-0.25, -0.2) is 12.8 Å². The number of carboxylic acid groups (broad SMARTS) is 1. The monoisotopic (exact) mass is 420 g/mol. The van der Waals surface area contributed by atoms with Crippen LogP contribution in [0.25, 0.3) is 0 Å². The second-order valence-electron chi connectivity index (χ2n) is 6.81. The largest absolute Gasteiger partial charge is 0.480 e. The third kappa shape index (κ3) is 4.80. The lowest BCUT2D eigenvalue weighted by Crippen LogP contribution is -2.38. The van der Waals surface area contributed by atoms with Gasteiger partial charge >= 0.3 is 5.97 Å². The van der Waals surface area contributed by atoms with Crippen LogP contribution in [-0.4, -0.2) is 49.3 Å². The third-order valence-corrected chi connectivity index (χ3v) is 6.87. The maximum atomic E-state index is 14.5. The normalized spacial score (nSPS) is 15.8. The van der Waals surface area contributed by atoms with E-state index in [4.69, 9.17) is 5.11 Å². The molecule has 0 bridgehead atoms. The average Bonchev–Trinajstić information content (AvgIpc) is 2.72. The Kier molecular flexibility index (Phi) is 6.29. The summed E-state index contributed by atoms with van der Waals surface area (Å²) < 4.78 is 41.5. The van der Waals surface area contributed by atoms with Crippen molar-refractivity contribution in [2.24, 2.45) is 0 Å². The van der Waals surface area contributed by atoms with Crippen molar-refractivity contribution in [3.63, 3.8) is 0 Å². The van der Waals surface area contributed by atoms with Crippen LogP contribution >= 0.6 is 0 Å². The number of aliphatic carboxylic acids is 1. The number of nitrogens with zero attached hydrogens (tertiary/aromatic N) is 1. The number of benzene rings is 2. The molecule has 0 unspecified atom stereocenters. The lowest BCUT2D eigenvalue weighted by molar-refractivity contribution is -0.135. The smallest absolute Gasteiger partial charge is 0.322 e. The summed E-state index contributed by atoms with van der Waals surface area (Å²) in [7, 11) is -4.03. The van der Waals surface area contributed by atoms with Crippen molar-refractivity contribution in [2.45, 2.75) is 23.7 Å². The summed E-state index contributed by atoms with van der Waals surface area (Å²) >= 11 is 0. The quantitative estimate of drug-likeness (QED) is 0.746. The van der Waals surface area contributed by atoms with Crippen LogP contribution in [0, 0.1) is 5.82 Å². The Morgan fingerprint density at radius 2 is 1.76 bits per heavy atom. The van der Waals surface area contributed by atoms with Crippen LogP contribution < -0.4 is 5.32 Å².